The van der Waals surface area contributed by atoms with Crippen molar-refractivity contribution in [3.63, 3.8) is 0 Å². The lowest BCUT2D eigenvalue weighted by Gasteiger charge is -2.32. The number of amides is 1. The minimum atomic E-state index is -0.487. The highest BCUT2D eigenvalue weighted by molar-refractivity contribution is 5.77. The smallest absolute Gasteiger partial charge is 0.260 e. The van der Waals surface area contributed by atoms with E-state index in [4.69, 9.17) is 9.47 Å². The summed E-state index contributed by atoms with van der Waals surface area (Å²) in [4.78, 5) is 13.9. The van der Waals surface area contributed by atoms with Crippen LogP contribution in [0, 0.1) is 5.82 Å². The third-order valence-electron chi connectivity index (χ3n) is 3.64. The number of benzene rings is 1. The lowest BCUT2D eigenvalue weighted by atomic mass is 10.2. The lowest BCUT2D eigenvalue weighted by Crippen LogP contribution is -2.44. The zero-order valence-electron chi connectivity index (χ0n) is 12.7. The van der Waals surface area contributed by atoms with Crippen LogP contribution in [0.2, 0.25) is 0 Å². The van der Waals surface area contributed by atoms with Gasteiger partial charge < -0.3 is 18.9 Å². The highest BCUT2D eigenvalue weighted by atomic mass is 19.1. The van der Waals surface area contributed by atoms with Crippen molar-refractivity contribution in [1.82, 2.24) is 19.7 Å². The van der Waals surface area contributed by atoms with E-state index in [0.717, 1.165) is 0 Å². The molecule has 1 aliphatic rings. The molecule has 7 nitrogen and oxygen atoms in total. The number of aryl methyl sites for hydroxylation is 1. The molecule has 23 heavy (non-hydrogen) atoms. The number of halogens is 1. The van der Waals surface area contributed by atoms with Crippen molar-refractivity contribution in [2.24, 2.45) is 7.05 Å². The molecular formula is C15H17FN4O3. The summed E-state index contributed by atoms with van der Waals surface area (Å²) in [5.41, 5.74) is 0. The number of ether oxygens (including phenoxy) is 2. The first-order chi connectivity index (χ1) is 11.1. The van der Waals surface area contributed by atoms with Crippen molar-refractivity contribution >= 4 is 5.91 Å². The van der Waals surface area contributed by atoms with Crippen LogP contribution in [0.1, 0.15) is 11.9 Å². The number of carbonyl (C=O) groups is 1. The number of nitrogens with zero attached hydrogens (tertiary/aromatic N) is 4. The lowest BCUT2D eigenvalue weighted by molar-refractivity contribution is -0.141. The number of carbonyl (C=O) groups excluding carboxylic acids is 1. The molecule has 1 saturated heterocycles. The summed E-state index contributed by atoms with van der Waals surface area (Å²) in [5, 5.41) is 7.82. The molecule has 8 heteroatoms. The van der Waals surface area contributed by atoms with Crippen LogP contribution in [-0.4, -0.2) is 51.9 Å². The molecule has 0 saturated carbocycles. The van der Waals surface area contributed by atoms with Crippen molar-refractivity contribution in [1.29, 1.82) is 0 Å². The molecule has 122 valence electrons. The first-order valence-electron chi connectivity index (χ1n) is 7.25. The van der Waals surface area contributed by atoms with Gasteiger partial charge in [0, 0.05) is 13.6 Å². The van der Waals surface area contributed by atoms with E-state index in [2.05, 4.69) is 10.2 Å². The fourth-order valence-corrected chi connectivity index (χ4v) is 2.41. The van der Waals surface area contributed by atoms with Gasteiger partial charge in [0.1, 0.15) is 12.4 Å². The van der Waals surface area contributed by atoms with Crippen molar-refractivity contribution in [3.05, 3.63) is 42.2 Å². The summed E-state index contributed by atoms with van der Waals surface area (Å²) in [5.74, 6) is 0.0273. The average molecular weight is 320 g/mol. The minimum absolute atomic E-state index is 0.0685. The molecule has 1 aliphatic heterocycles. The van der Waals surface area contributed by atoms with Crippen LogP contribution in [0.5, 0.6) is 5.75 Å². The van der Waals surface area contributed by atoms with E-state index >= 15 is 0 Å². The van der Waals surface area contributed by atoms with Gasteiger partial charge >= 0.3 is 0 Å². The van der Waals surface area contributed by atoms with Crippen LogP contribution in [-0.2, 0) is 16.6 Å². The van der Waals surface area contributed by atoms with E-state index in [1.807, 2.05) is 7.05 Å². The Morgan fingerprint density at radius 1 is 1.48 bits per heavy atom. The van der Waals surface area contributed by atoms with Gasteiger partial charge in [0.15, 0.2) is 24.0 Å². The number of hydrogen-bond acceptors (Lipinski definition) is 5. The van der Waals surface area contributed by atoms with Gasteiger partial charge in [0.2, 0.25) is 0 Å². The SMILES string of the molecule is Cn1cnnc1C1CN(C(=O)COc2ccccc2F)CCO1. The monoisotopic (exact) mass is 320 g/mol. The Morgan fingerprint density at radius 3 is 3.04 bits per heavy atom. The predicted octanol–water partition coefficient (Wildman–Crippen LogP) is 0.933. The molecule has 2 heterocycles. The molecule has 1 aromatic carbocycles. The molecule has 1 fully saturated rings. The molecule has 3 rings (SSSR count). The predicted molar refractivity (Wildman–Crippen MR) is 78.2 cm³/mol. The van der Waals surface area contributed by atoms with Gasteiger partial charge in [0.25, 0.3) is 5.91 Å². The molecule has 0 bridgehead atoms. The number of aromatic nitrogens is 3. The average Bonchev–Trinajstić information content (AvgIpc) is 3.00. The van der Waals surface area contributed by atoms with Crippen LogP contribution in [0.15, 0.2) is 30.6 Å². The van der Waals surface area contributed by atoms with E-state index in [9.17, 15) is 9.18 Å². The standard InChI is InChI=1S/C15H17FN4O3/c1-19-10-17-18-15(19)13-8-20(6-7-22-13)14(21)9-23-12-5-3-2-4-11(12)16/h2-5,10,13H,6-9H2,1H3. The van der Waals surface area contributed by atoms with Crippen LogP contribution < -0.4 is 4.74 Å². The van der Waals surface area contributed by atoms with Crippen LogP contribution >= 0.6 is 0 Å². The molecular weight excluding hydrogens is 303 g/mol. The van der Waals surface area contributed by atoms with E-state index in [-0.39, 0.29) is 24.4 Å². The second kappa shape index (κ2) is 6.74. The summed E-state index contributed by atoms with van der Waals surface area (Å²) in [6.45, 7) is 1.02. The number of hydrogen-bond donors (Lipinski definition) is 0. The fraction of sp³-hybridized carbons (Fsp3) is 0.400. The molecule has 0 radical (unpaired) electrons. The van der Waals surface area contributed by atoms with E-state index < -0.39 is 5.82 Å². The zero-order valence-corrected chi connectivity index (χ0v) is 12.7. The Labute approximate surface area is 132 Å². The Hall–Kier alpha value is -2.48. The Balaban J connectivity index is 1.59. The summed E-state index contributed by atoms with van der Waals surface area (Å²) in [7, 11) is 1.82. The second-order valence-corrected chi connectivity index (χ2v) is 5.22. The van der Waals surface area contributed by atoms with Gasteiger partial charge in [-0.25, -0.2) is 4.39 Å². The highest BCUT2D eigenvalue weighted by Gasteiger charge is 2.28. The molecule has 1 aromatic heterocycles. The van der Waals surface area contributed by atoms with Gasteiger partial charge in [-0.1, -0.05) is 12.1 Å². The van der Waals surface area contributed by atoms with Gasteiger partial charge in [-0.3, -0.25) is 4.79 Å². The molecule has 0 aliphatic carbocycles. The maximum absolute atomic E-state index is 13.5. The summed E-state index contributed by atoms with van der Waals surface area (Å²) in [6, 6.07) is 6.00. The van der Waals surface area contributed by atoms with E-state index in [1.54, 1.807) is 27.9 Å². The summed E-state index contributed by atoms with van der Waals surface area (Å²) in [6.07, 6.45) is 1.26. The van der Waals surface area contributed by atoms with Gasteiger partial charge in [-0.05, 0) is 12.1 Å². The van der Waals surface area contributed by atoms with Crippen LogP contribution in [0.3, 0.4) is 0 Å². The van der Waals surface area contributed by atoms with Crippen molar-refractivity contribution in [3.8, 4) is 5.75 Å². The largest absolute Gasteiger partial charge is 0.481 e. The van der Waals surface area contributed by atoms with Gasteiger partial charge in [-0.2, -0.15) is 0 Å². The maximum atomic E-state index is 13.5. The highest BCUT2D eigenvalue weighted by Crippen LogP contribution is 2.20. The maximum Gasteiger partial charge on any atom is 0.260 e. The Bertz CT molecular complexity index is 691. The minimum Gasteiger partial charge on any atom is -0.481 e. The van der Waals surface area contributed by atoms with Crippen molar-refractivity contribution < 1.29 is 18.7 Å². The third kappa shape index (κ3) is 3.48. The Kier molecular flexibility index (Phi) is 4.52. The van der Waals surface area contributed by atoms with Gasteiger partial charge in [-0.15, -0.1) is 10.2 Å². The van der Waals surface area contributed by atoms with Crippen LogP contribution in [0.4, 0.5) is 4.39 Å². The van der Waals surface area contributed by atoms with E-state index in [1.165, 1.54) is 12.1 Å². The Morgan fingerprint density at radius 2 is 2.30 bits per heavy atom. The molecule has 0 spiro atoms. The molecule has 1 atom stereocenters. The summed E-state index contributed by atoms with van der Waals surface area (Å²) < 4.78 is 26.2. The zero-order chi connectivity index (χ0) is 16.2. The molecule has 1 unspecified atom stereocenters. The molecule has 2 aromatic rings. The first-order valence-corrected chi connectivity index (χ1v) is 7.25. The van der Waals surface area contributed by atoms with Crippen LogP contribution in [0.25, 0.3) is 0 Å². The third-order valence-corrected chi connectivity index (χ3v) is 3.64. The first kappa shape index (κ1) is 15.4. The molecule has 0 N–H and O–H groups in total. The fourth-order valence-electron chi connectivity index (χ4n) is 2.41. The van der Waals surface area contributed by atoms with Crippen molar-refractivity contribution in [2.75, 3.05) is 26.3 Å². The van der Waals surface area contributed by atoms with Crippen molar-refractivity contribution in [2.45, 2.75) is 6.10 Å². The second-order valence-electron chi connectivity index (χ2n) is 5.22. The topological polar surface area (TPSA) is 69.5 Å². The summed E-state index contributed by atoms with van der Waals surface area (Å²) >= 11 is 0. The van der Waals surface area contributed by atoms with Gasteiger partial charge in [0.05, 0.1) is 13.2 Å². The molecule has 1 amide bonds. The normalized spacial score (nSPS) is 18.0. The number of para-hydroxylation sites is 1. The number of morpholine rings is 1. The van der Waals surface area contributed by atoms with E-state index in [0.29, 0.717) is 25.5 Å². The quantitative estimate of drug-likeness (QED) is 0.838. The number of rotatable bonds is 4.